The van der Waals surface area contributed by atoms with Gasteiger partial charge < -0.3 is 5.32 Å². The van der Waals surface area contributed by atoms with Gasteiger partial charge in [0.1, 0.15) is 5.82 Å². The SMILES string of the molecule is O=[N+]([O-])c1cccc(-c2n[nH]c(C3CCCN3)n2)c1. The van der Waals surface area contributed by atoms with E-state index in [0.717, 1.165) is 25.2 Å². The lowest BCUT2D eigenvalue weighted by Crippen LogP contribution is -2.14. The first-order valence-electron chi connectivity index (χ1n) is 6.14. The van der Waals surface area contributed by atoms with Crippen LogP contribution in [0.15, 0.2) is 24.3 Å². The van der Waals surface area contributed by atoms with Crippen LogP contribution in [0.4, 0.5) is 5.69 Å². The van der Waals surface area contributed by atoms with E-state index in [9.17, 15) is 10.1 Å². The number of aromatic nitrogens is 3. The summed E-state index contributed by atoms with van der Waals surface area (Å²) in [5.41, 5.74) is 0.692. The third-order valence-corrected chi connectivity index (χ3v) is 3.21. The van der Waals surface area contributed by atoms with Crippen LogP contribution >= 0.6 is 0 Å². The fraction of sp³-hybridized carbons (Fsp3) is 0.333. The van der Waals surface area contributed by atoms with Crippen molar-refractivity contribution in [1.82, 2.24) is 20.5 Å². The van der Waals surface area contributed by atoms with Crippen LogP contribution < -0.4 is 5.32 Å². The first-order chi connectivity index (χ1) is 9.24. The van der Waals surface area contributed by atoms with E-state index in [1.165, 1.54) is 12.1 Å². The summed E-state index contributed by atoms with van der Waals surface area (Å²) in [7, 11) is 0. The Morgan fingerprint density at radius 3 is 3.05 bits per heavy atom. The number of H-pyrrole nitrogens is 1. The number of nitro groups is 1. The summed E-state index contributed by atoms with van der Waals surface area (Å²) in [6.45, 7) is 0.984. The normalized spacial score (nSPS) is 18.6. The molecule has 1 aromatic carbocycles. The maximum absolute atomic E-state index is 10.7. The van der Waals surface area contributed by atoms with Crippen LogP contribution in [0, 0.1) is 10.1 Å². The highest BCUT2D eigenvalue weighted by molar-refractivity contribution is 5.58. The highest BCUT2D eigenvalue weighted by Gasteiger charge is 2.20. The van der Waals surface area contributed by atoms with Gasteiger partial charge in [-0.25, -0.2) is 4.98 Å². The standard InChI is InChI=1S/C12H13N5O2/c18-17(19)9-4-1-3-8(7-9)11-14-12(16-15-11)10-5-2-6-13-10/h1,3-4,7,10,13H,2,5-6H2,(H,14,15,16). The lowest BCUT2D eigenvalue weighted by atomic mass is 10.2. The van der Waals surface area contributed by atoms with Crippen molar-refractivity contribution in [2.75, 3.05) is 6.54 Å². The first kappa shape index (κ1) is 11.8. The van der Waals surface area contributed by atoms with Crippen molar-refractivity contribution in [2.24, 2.45) is 0 Å². The van der Waals surface area contributed by atoms with Gasteiger partial charge in [-0.1, -0.05) is 12.1 Å². The fourth-order valence-corrected chi connectivity index (χ4v) is 2.24. The minimum Gasteiger partial charge on any atom is -0.307 e. The van der Waals surface area contributed by atoms with Gasteiger partial charge in [0, 0.05) is 17.7 Å². The Hall–Kier alpha value is -2.28. The molecule has 0 bridgehead atoms. The Morgan fingerprint density at radius 1 is 1.42 bits per heavy atom. The van der Waals surface area contributed by atoms with E-state index in [1.807, 2.05) is 0 Å². The van der Waals surface area contributed by atoms with Crippen molar-refractivity contribution >= 4 is 5.69 Å². The maximum Gasteiger partial charge on any atom is 0.270 e. The second kappa shape index (κ2) is 4.77. The summed E-state index contributed by atoms with van der Waals surface area (Å²) in [6, 6.07) is 6.55. The van der Waals surface area contributed by atoms with Gasteiger partial charge in [0.05, 0.1) is 11.0 Å². The van der Waals surface area contributed by atoms with Gasteiger partial charge in [0.2, 0.25) is 0 Å². The number of rotatable bonds is 3. The Balaban J connectivity index is 1.89. The molecule has 1 unspecified atom stereocenters. The molecular formula is C12H13N5O2. The molecule has 0 aliphatic carbocycles. The van der Waals surface area contributed by atoms with Crippen molar-refractivity contribution in [3.63, 3.8) is 0 Å². The lowest BCUT2D eigenvalue weighted by Gasteiger charge is -2.03. The molecule has 1 aliphatic rings. The average molecular weight is 259 g/mol. The van der Waals surface area contributed by atoms with E-state index >= 15 is 0 Å². The van der Waals surface area contributed by atoms with Crippen LogP contribution in [0.25, 0.3) is 11.4 Å². The molecule has 0 amide bonds. The van der Waals surface area contributed by atoms with E-state index in [-0.39, 0.29) is 11.7 Å². The molecular weight excluding hydrogens is 246 g/mol. The fourth-order valence-electron chi connectivity index (χ4n) is 2.24. The van der Waals surface area contributed by atoms with Gasteiger partial charge in [0.25, 0.3) is 5.69 Å². The van der Waals surface area contributed by atoms with Crippen LogP contribution in [-0.4, -0.2) is 26.6 Å². The number of aromatic amines is 1. The third kappa shape index (κ3) is 2.32. The molecule has 0 saturated carbocycles. The number of nitro benzene ring substituents is 1. The number of nitrogens with one attached hydrogen (secondary N) is 2. The van der Waals surface area contributed by atoms with Gasteiger partial charge in [-0.2, -0.15) is 5.10 Å². The van der Waals surface area contributed by atoms with Crippen molar-refractivity contribution in [3.8, 4) is 11.4 Å². The van der Waals surface area contributed by atoms with Gasteiger partial charge >= 0.3 is 0 Å². The number of hydrogen-bond acceptors (Lipinski definition) is 5. The Labute approximate surface area is 109 Å². The molecule has 2 heterocycles. The topological polar surface area (TPSA) is 96.7 Å². The van der Waals surface area contributed by atoms with E-state index < -0.39 is 4.92 Å². The Kier molecular flexibility index (Phi) is 2.96. The summed E-state index contributed by atoms with van der Waals surface area (Å²) in [4.78, 5) is 14.7. The van der Waals surface area contributed by atoms with E-state index in [0.29, 0.717) is 11.4 Å². The molecule has 1 aromatic heterocycles. The van der Waals surface area contributed by atoms with Gasteiger partial charge in [-0.3, -0.25) is 15.2 Å². The first-order valence-corrected chi connectivity index (χ1v) is 6.14. The molecule has 7 heteroatoms. The average Bonchev–Trinajstić information content (AvgIpc) is 3.09. The highest BCUT2D eigenvalue weighted by atomic mass is 16.6. The molecule has 98 valence electrons. The molecule has 1 saturated heterocycles. The van der Waals surface area contributed by atoms with Crippen LogP contribution in [0.2, 0.25) is 0 Å². The molecule has 1 atom stereocenters. The summed E-state index contributed by atoms with van der Waals surface area (Å²) < 4.78 is 0. The summed E-state index contributed by atoms with van der Waals surface area (Å²) in [5.74, 6) is 1.28. The monoisotopic (exact) mass is 259 g/mol. The number of non-ortho nitro benzene ring substituents is 1. The number of benzene rings is 1. The van der Waals surface area contributed by atoms with Crippen LogP contribution in [0.1, 0.15) is 24.7 Å². The summed E-state index contributed by atoms with van der Waals surface area (Å²) in [5, 5.41) is 21.1. The molecule has 2 aromatic rings. The predicted octanol–water partition coefficient (Wildman–Crippen LogP) is 1.80. The van der Waals surface area contributed by atoms with Gasteiger partial charge in [-0.05, 0) is 19.4 Å². The Bertz CT molecular complexity index is 604. The van der Waals surface area contributed by atoms with Crippen molar-refractivity contribution in [2.45, 2.75) is 18.9 Å². The van der Waals surface area contributed by atoms with Gasteiger partial charge in [0.15, 0.2) is 5.82 Å². The van der Waals surface area contributed by atoms with Crippen LogP contribution in [0.3, 0.4) is 0 Å². The van der Waals surface area contributed by atoms with Crippen LogP contribution in [-0.2, 0) is 0 Å². The summed E-state index contributed by atoms with van der Waals surface area (Å²) in [6.07, 6.45) is 2.15. The van der Waals surface area contributed by atoms with Crippen LogP contribution in [0.5, 0.6) is 0 Å². The van der Waals surface area contributed by atoms with E-state index in [1.54, 1.807) is 12.1 Å². The van der Waals surface area contributed by atoms with E-state index in [2.05, 4.69) is 20.5 Å². The molecule has 2 N–H and O–H groups in total. The van der Waals surface area contributed by atoms with Crippen molar-refractivity contribution < 1.29 is 4.92 Å². The molecule has 3 rings (SSSR count). The highest BCUT2D eigenvalue weighted by Crippen LogP contribution is 2.24. The minimum absolute atomic E-state index is 0.0443. The molecule has 1 aliphatic heterocycles. The zero-order valence-corrected chi connectivity index (χ0v) is 10.2. The molecule has 19 heavy (non-hydrogen) atoms. The quantitative estimate of drug-likeness (QED) is 0.647. The molecule has 0 radical (unpaired) electrons. The van der Waals surface area contributed by atoms with Crippen molar-refractivity contribution in [1.29, 1.82) is 0 Å². The lowest BCUT2D eigenvalue weighted by molar-refractivity contribution is -0.384. The predicted molar refractivity (Wildman–Crippen MR) is 68.5 cm³/mol. The third-order valence-electron chi connectivity index (χ3n) is 3.21. The number of nitrogens with zero attached hydrogens (tertiary/aromatic N) is 3. The van der Waals surface area contributed by atoms with E-state index in [4.69, 9.17) is 0 Å². The number of hydrogen-bond donors (Lipinski definition) is 2. The molecule has 1 fully saturated rings. The maximum atomic E-state index is 10.7. The summed E-state index contributed by atoms with van der Waals surface area (Å²) >= 11 is 0. The second-order valence-electron chi connectivity index (χ2n) is 4.50. The minimum atomic E-state index is -0.421. The molecule has 0 spiro atoms. The Morgan fingerprint density at radius 2 is 2.32 bits per heavy atom. The zero-order chi connectivity index (χ0) is 13.2. The second-order valence-corrected chi connectivity index (χ2v) is 4.50. The largest absolute Gasteiger partial charge is 0.307 e. The smallest absolute Gasteiger partial charge is 0.270 e. The zero-order valence-electron chi connectivity index (χ0n) is 10.2. The van der Waals surface area contributed by atoms with Crippen molar-refractivity contribution in [3.05, 3.63) is 40.2 Å². The van der Waals surface area contributed by atoms with Gasteiger partial charge in [-0.15, -0.1) is 0 Å². The molecule has 7 nitrogen and oxygen atoms in total.